The predicted octanol–water partition coefficient (Wildman–Crippen LogP) is 4.64. The van der Waals surface area contributed by atoms with E-state index in [2.05, 4.69) is 41.3 Å². The molecule has 0 saturated carbocycles. The van der Waals surface area contributed by atoms with Crippen LogP contribution in [-0.2, 0) is 6.42 Å². The van der Waals surface area contributed by atoms with Gasteiger partial charge in [0.1, 0.15) is 0 Å². The van der Waals surface area contributed by atoms with E-state index in [9.17, 15) is 0 Å². The lowest BCUT2D eigenvalue weighted by atomic mass is 10.0. The fourth-order valence-corrected chi connectivity index (χ4v) is 2.22. The maximum Gasteiger partial charge on any atom is 0.257 e. The summed E-state index contributed by atoms with van der Waals surface area (Å²) in [4.78, 5) is 4.04. The van der Waals surface area contributed by atoms with Gasteiger partial charge in [0.25, 0.3) is 5.89 Å². The Morgan fingerprint density at radius 1 is 0.947 bits per heavy atom. The summed E-state index contributed by atoms with van der Waals surface area (Å²) in [6, 6.07) is 8.43. The van der Waals surface area contributed by atoms with Crippen LogP contribution in [0.25, 0.3) is 11.5 Å². The van der Waals surface area contributed by atoms with E-state index in [4.69, 9.17) is 4.52 Å². The minimum Gasteiger partial charge on any atom is -0.334 e. The summed E-state index contributed by atoms with van der Waals surface area (Å²) in [6.45, 7) is 2.25. The molecule has 102 valence electrons. The van der Waals surface area contributed by atoms with Gasteiger partial charge in [-0.25, -0.2) is 0 Å². The second kappa shape index (κ2) is 7.72. The van der Waals surface area contributed by atoms with Gasteiger partial charge in [0, 0.05) is 5.56 Å². The molecule has 3 nitrogen and oxygen atoms in total. The molecule has 0 N–H and O–H groups in total. The van der Waals surface area contributed by atoms with Crippen molar-refractivity contribution in [2.45, 2.75) is 51.9 Å². The Bertz CT molecular complexity index is 448. The highest BCUT2D eigenvalue weighted by Crippen LogP contribution is 2.17. The summed E-state index contributed by atoms with van der Waals surface area (Å²) in [6.07, 6.45) is 10.7. The van der Waals surface area contributed by atoms with Crippen LogP contribution in [0.5, 0.6) is 0 Å². The average molecular weight is 258 g/mol. The van der Waals surface area contributed by atoms with Crippen molar-refractivity contribution in [3.05, 3.63) is 36.2 Å². The smallest absolute Gasteiger partial charge is 0.257 e. The Labute approximate surface area is 115 Å². The third kappa shape index (κ3) is 4.51. The Hall–Kier alpha value is -1.64. The summed E-state index contributed by atoms with van der Waals surface area (Å²) >= 11 is 0. The van der Waals surface area contributed by atoms with Gasteiger partial charge in [0.2, 0.25) is 0 Å². The zero-order chi connectivity index (χ0) is 13.3. The van der Waals surface area contributed by atoms with E-state index in [1.807, 2.05) is 0 Å². The number of aromatic nitrogens is 2. The van der Waals surface area contributed by atoms with Gasteiger partial charge in [0.05, 0.1) is 0 Å². The van der Waals surface area contributed by atoms with Crippen LogP contribution >= 0.6 is 0 Å². The van der Waals surface area contributed by atoms with Crippen molar-refractivity contribution in [1.29, 1.82) is 0 Å². The largest absolute Gasteiger partial charge is 0.334 e. The van der Waals surface area contributed by atoms with Gasteiger partial charge in [-0.05, 0) is 30.5 Å². The van der Waals surface area contributed by atoms with Crippen LogP contribution < -0.4 is 0 Å². The number of benzene rings is 1. The molecule has 0 radical (unpaired) electrons. The summed E-state index contributed by atoms with van der Waals surface area (Å²) in [5.74, 6) is 0.589. The molecule has 0 atom stereocenters. The first-order valence-electron chi connectivity index (χ1n) is 7.26. The maximum absolute atomic E-state index is 5.03. The average Bonchev–Trinajstić information content (AvgIpc) is 2.97. The molecule has 0 aliphatic rings. The lowest BCUT2D eigenvalue weighted by molar-refractivity contribution is 0.430. The second-order valence-electron chi connectivity index (χ2n) is 4.96. The number of hydrogen-bond acceptors (Lipinski definition) is 3. The molecule has 3 heteroatoms. The van der Waals surface area contributed by atoms with Gasteiger partial charge >= 0.3 is 0 Å². The van der Waals surface area contributed by atoms with Crippen LogP contribution in [0.2, 0.25) is 0 Å². The molecule has 0 bridgehead atoms. The van der Waals surface area contributed by atoms with Crippen LogP contribution in [-0.4, -0.2) is 10.1 Å². The Kier molecular flexibility index (Phi) is 5.60. The van der Waals surface area contributed by atoms with Crippen molar-refractivity contribution in [1.82, 2.24) is 10.1 Å². The topological polar surface area (TPSA) is 38.9 Å². The molecule has 2 rings (SSSR count). The molecule has 0 aliphatic heterocycles. The molecule has 2 aromatic rings. The van der Waals surface area contributed by atoms with E-state index in [0.717, 1.165) is 12.0 Å². The van der Waals surface area contributed by atoms with E-state index in [-0.39, 0.29) is 0 Å². The molecule has 1 heterocycles. The second-order valence-corrected chi connectivity index (χ2v) is 4.96. The van der Waals surface area contributed by atoms with Crippen molar-refractivity contribution >= 4 is 0 Å². The summed E-state index contributed by atoms with van der Waals surface area (Å²) in [5, 5.41) is 3.62. The molecule has 0 unspecified atom stereocenters. The van der Waals surface area contributed by atoms with E-state index < -0.39 is 0 Å². The van der Waals surface area contributed by atoms with Crippen molar-refractivity contribution in [3.8, 4) is 11.5 Å². The quantitative estimate of drug-likeness (QED) is 0.647. The molecule has 0 aliphatic carbocycles. The summed E-state index contributed by atoms with van der Waals surface area (Å²) in [5.41, 5.74) is 2.38. The van der Waals surface area contributed by atoms with E-state index in [1.165, 1.54) is 50.4 Å². The number of aryl methyl sites for hydroxylation is 1. The number of nitrogens with zero attached hydrogens (tertiary/aromatic N) is 2. The first kappa shape index (κ1) is 13.8. The minimum absolute atomic E-state index is 0.589. The van der Waals surface area contributed by atoms with Gasteiger partial charge in [-0.15, -0.1) is 0 Å². The van der Waals surface area contributed by atoms with Gasteiger partial charge in [-0.2, -0.15) is 4.98 Å². The van der Waals surface area contributed by atoms with Crippen LogP contribution in [0.3, 0.4) is 0 Å². The molecule has 0 saturated heterocycles. The van der Waals surface area contributed by atoms with Crippen molar-refractivity contribution in [2.24, 2.45) is 0 Å². The van der Waals surface area contributed by atoms with Crippen LogP contribution in [0, 0.1) is 0 Å². The van der Waals surface area contributed by atoms with Gasteiger partial charge < -0.3 is 4.52 Å². The van der Waals surface area contributed by atoms with Gasteiger partial charge in [-0.3, -0.25) is 0 Å². The van der Waals surface area contributed by atoms with E-state index in [1.54, 1.807) is 0 Å². The van der Waals surface area contributed by atoms with Crippen LogP contribution in [0.15, 0.2) is 35.1 Å². The highest BCUT2D eigenvalue weighted by molar-refractivity contribution is 5.52. The molecule has 1 aromatic heterocycles. The first-order valence-corrected chi connectivity index (χ1v) is 7.26. The van der Waals surface area contributed by atoms with Crippen molar-refractivity contribution in [2.75, 3.05) is 0 Å². The summed E-state index contributed by atoms with van der Waals surface area (Å²) < 4.78 is 5.03. The Morgan fingerprint density at radius 3 is 2.37 bits per heavy atom. The molecule has 0 amide bonds. The fraction of sp³-hybridized carbons (Fsp3) is 0.500. The van der Waals surface area contributed by atoms with Gasteiger partial charge in [-0.1, -0.05) is 56.3 Å². The molecule has 0 spiro atoms. The number of unbranched alkanes of at least 4 members (excludes halogenated alkanes) is 5. The number of hydrogen-bond donors (Lipinski definition) is 0. The highest BCUT2D eigenvalue weighted by atomic mass is 16.5. The summed E-state index contributed by atoms with van der Waals surface area (Å²) in [7, 11) is 0. The molecular weight excluding hydrogens is 236 g/mol. The third-order valence-electron chi connectivity index (χ3n) is 3.38. The lowest BCUT2D eigenvalue weighted by Crippen LogP contribution is -1.87. The van der Waals surface area contributed by atoms with E-state index >= 15 is 0 Å². The Morgan fingerprint density at radius 2 is 1.68 bits per heavy atom. The van der Waals surface area contributed by atoms with Crippen molar-refractivity contribution < 1.29 is 4.52 Å². The maximum atomic E-state index is 5.03. The van der Waals surface area contributed by atoms with Crippen LogP contribution in [0.4, 0.5) is 0 Å². The fourth-order valence-electron chi connectivity index (χ4n) is 2.22. The van der Waals surface area contributed by atoms with Crippen LogP contribution in [0.1, 0.15) is 51.0 Å². The number of rotatable bonds is 8. The molecule has 19 heavy (non-hydrogen) atoms. The third-order valence-corrected chi connectivity index (χ3v) is 3.38. The molecule has 1 aromatic carbocycles. The monoisotopic (exact) mass is 258 g/mol. The van der Waals surface area contributed by atoms with E-state index in [0.29, 0.717) is 5.89 Å². The standard InChI is InChI=1S/C16H22N2O/c1-2-3-4-5-6-7-8-14-9-11-15(12-10-14)16-17-13-18-19-16/h9-13H,2-8H2,1H3. The SMILES string of the molecule is CCCCCCCCc1ccc(-c2ncno2)cc1. The predicted molar refractivity (Wildman–Crippen MR) is 76.8 cm³/mol. The molecular formula is C16H22N2O. The van der Waals surface area contributed by atoms with Crippen molar-refractivity contribution in [3.63, 3.8) is 0 Å². The zero-order valence-corrected chi connectivity index (χ0v) is 11.6. The first-order chi connectivity index (χ1) is 9.40. The lowest BCUT2D eigenvalue weighted by Gasteiger charge is -2.02. The highest BCUT2D eigenvalue weighted by Gasteiger charge is 2.02. The Balaban J connectivity index is 1.73. The minimum atomic E-state index is 0.589. The zero-order valence-electron chi connectivity index (χ0n) is 11.6. The molecule has 0 fully saturated rings. The van der Waals surface area contributed by atoms with Gasteiger partial charge in [0.15, 0.2) is 6.33 Å². The normalized spacial score (nSPS) is 10.8.